The van der Waals surface area contributed by atoms with Gasteiger partial charge in [-0.25, -0.2) is 4.98 Å². The minimum absolute atomic E-state index is 0.212. The molecule has 4 nitrogen and oxygen atoms in total. The first kappa shape index (κ1) is 14.5. The van der Waals surface area contributed by atoms with Crippen molar-refractivity contribution in [3.63, 3.8) is 0 Å². The zero-order chi connectivity index (χ0) is 14.6. The summed E-state index contributed by atoms with van der Waals surface area (Å²) >= 11 is 5.74. The predicted molar refractivity (Wildman–Crippen MR) is 77.6 cm³/mol. The van der Waals surface area contributed by atoms with Gasteiger partial charge in [-0.15, -0.1) is 0 Å². The molecule has 0 bridgehead atoms. The fraction of sp³-hybridized carbons (Fsp3) is 0.200. The Kier molecular flexibility index (Phi) is 4.37. The third-order valence-corrected chi connectivity index (χ3v) is 3.30. The molecule has 2 rings (SSSR count). The molecule has 1 atom stereocenters. The summed E-state index contributed by atoms with van der Waals surface area (Å²) in [4.78, 5) is 16.1. The van der Waals surface area contributed by atoms with Crippen LogP contribution in [0.4, 0.5) is 0 Å². The number of hydrogen-bond donors (Lipinski definition) is 2. The summed E-state index contributed by atoms with van der Waals surface area (Å²) in [5, 5.41) is 12.9. The van der Waals surface area contributed by atoms with Crippen LogP contribution in [-0.4, -0.2) is 22.6 Å². The van der Waals surface area contributed by atoms with E-state index in [0.717, 1.165) is 5.56 Å². The van der Waals surface area contributed by atoms with Crippen molar-refractivity contribution in [3.8, 4) is 0 Å². The van der Waals surface area contributed by atoms with Crippen LogP contribution in [0.25, 0.3) is 0 Å². The van der Waals surface area contributed by atoms with E-state index in [1.165, 1.54) is 6.20 Å². The maximum absolute atomic E-state index is 12.2. The largest absolute Gasteiger partial charge is 0.394 e. The summed E-state index contributed by atoms with van der Waals surface area (Å²) in [7, 11) is 0. The molecule has 5 heteroatoms. The number of carbonyl (C=O) groups is 1. The Morgan fingerprint density at radius 2 is 2.00 bits per heavy atom. The van der Waals surface area contributed by atoms with Gasteiger partial charge in [0.25, 0.3) is 5.91 Å². The highest BCUT2D eigenvalue weighted by atomic mass is 35.5. The fourth-order valence-corrected chi connectivity index (χ4v) is 1.95. The average molecular weight is 291 g/mol. The van der Waals surface area contributed by atoms with Gasteiger partial charge < -0.3 is 10.4 Å². The van der Waals surface area contributed by atoms with Gasteiger partial charge >= 0.3 is 0 Å². The Morgan fingerprint density at radius 3 is 2.55 bits per heavy atom. The number of hydrogen-bond acceptors (Lipinski definition) is 3. The number of rotatable bonds is 4. The molecule has 0 fully saturated rings. The molecule has 1 aromatic carbocycles. The number of amides is 1. The van der Waals surface area contributed by atoms with Gasteiger partial charge in [-0.2, -0.15) is 0 Å². The zero-order valence-corrected chi connectivity index (χ0v) is 11.8. The maximum Gasteiger partial charge on any atom is 0.270 e. The molecular weight excluding hydrogens is 276 g/mol. The summed E-state index contributed by atoms with van der Waals surface area (Å²) in [6, 6.07) is 12.4. The van der Waals surface area contributed by atoms with Crippen molar-refractivity contribution >= 4 is 17.5 Å². The monoisotopic (exact) mass is 290 g/mol. The van der Waals surface area contributed by atoms with Crippen LogP contribution in [-0.2, 0) is 5.54 Å². The summed E-state index contributed by atoms with van der Waals surface area (Å²) in [6.45, 7) is 1.55. The predicted octanol–water partition coefficient (Wildman–Crippen LogP) is 2.37. The van der Waals surface area contributed by atoms with Gasteiger partial charge in [-0.05, 0) is 24.6 Å². The molecule has 2 N–H and O–H groups in total. The van der Waals surface area contributed by atoms with Gasteiger partial charge in [0.15, 0.2) is 0 Å². The van der Waals surface area contributed by atoms with E-state index >= 15 is 0 Å². The molecule has 1 heterocycles. The smallest absolute Gasteiger partial charge is 0.270 e. The number of carbonyl (C=O) groups excluding carboxylic acids is 1. The fourth-order valence-electron chi connectivity index (χ4n) is 1.83. The Morgan fingerprint density at radius 1 is 1.30 bits per heavy atom. The molecule has 1 amide bonds. The molecule has 0 aliphatic rings. The van der Waals surface area contributed by atoms with Crippen molar-refractivity contribution in [1.82, 2.24) is 10.3 Å². The third kappa shape index (κ3) is 3.15. The van der Waals surface area contributed by atoms with Gasteiger partial charge in [0.05, 0.1) is 17.2 Å². The first-order valence-corrected chi connectivity index (χ1v) is 6.53. The molecule has 0 radical (unpaired) electrons. The Hall–Kier alpha value is -1.91. The second-order valence-electron chi connectivity index (χ2n) is 4.67. The quantitative estimate of drug-likeness (QED) is 0.909. The van der Waals surface area contributed by atoms with Crippen LogP contribution in [0.2, 0.25) is 5.02 Å². The van der Waals surface area contributed by atoms with Crippen molar-refractivity contribution in [1.29, 1.82) is 0 Å². The molecule has 0 saturated heterocycles. The van der Waals surface area contributed by atoms with Crippen molar-refractivity contribution in [2.45, 2.75) is 12.5 Å². The van der Waals surface area contributed by atoms with Gasteiger partial charge in [0.2, 0.25) is 0 Å². The molecule has 0 spiro atoms. The van der Waals surface area contributed by atoms with Crippen LogP contribution in [0, 0.1) is 0 Å². The summed E-state index contributed by atoms with van der Waals surface area (Å²) < 4.78 is 0. The second-order valence-corrected chi connectivity index (χ2v) is 5.11. The van der Waals surface area contributed by atoms with Crippen LogP contribution in [0.3, 0.4) is 0 Å². The Bertz CT molecular complexity index is 587. The van der Waals surface area contributed by atoms with Crippen LogP contribution >= 0.6 is 11.6 Å². The summed E-state index contributed by atoms with van der Waals surface area (Å²) in [5.41, 5.74) is 0.217. The number of aliphatic hydroxyl groups is 1. The lowest BCUT2D eigenvalue weighted by Crippen LogP contribution is -2.46. The van der Waals surface area contributed by atoms with Gasteiger partial charge in [0.1, 0.15) is 5.69 Å². The first-order chi connectivity index (χ1) is 9.55. The molecule has 0 aliphatic carbocycles. The number of pyridine rings is 1. The number of benzene rings is 1. The molecule has 0 saturated carbocycles. The molecule has 0 aliphatic heterocycles. The molecule has 104 valence electrons. The minimum atomic E-state index is -0.861. The van der Waals surface area contributed by atoms with Gasteiger partial charge in [-0.3, -0.25) is 4.79 Å². The number of nitrogens with zero attached hydrogens (tertiary/aromatic N) is 1. The van der Waals surface area contributed by atoms with E-state index in [9.17, 15) is 9.90 Å². The number of aliphatic hydroxyl groups excluding tert-OH is 1. The summed E-state index contributed by atoms with van der Waals surface area (Å²) in [6.07, 6.45) is 1.41. The number of halogens is 1. The highest BCUT2D eigenvalue weighted by Gasteiger charge is 2.28. The van der Waals surface area contributed by atoms with E-state index in [1.54, 1.807) is 19.1 Å². The normalized spacial score (nSPS) is 13.6. The van der Waals surface area contributed by atoms with E-state index < -0.39 is 5.54 Å². The molecule has 2 aromatic rings. The van der Waals surface area contributed by atoms with E-state index in [2.05, 4.69) is 10.3 Å². The number of aromatic nitrogens is 1. The van der Waals surface area contributed by atoms with E-state index in [0.29, 0.717) is 5.02 Å². The van der Waals surface area contributed by atoms with Crippen molar-refractivity contribution in [3.05, 3.63) is 64.9 Å². The Balaban J connectivity index is 2.22. The van der Waals surface area contributed by atoms with Crippen molar-refractivity contribution < 1.29 is 9.90 Å². The second kappa shape index (κ2) is 6.03. The van der Waals surface area contributed by atoms with Crippen LogP contribution in [0.5, 0.6) is 0 Å². The first-order valence-electron chi connectivity index (χ1n) is 6.15. The lowest BCUT2D eigenvalue weighted by atomic mass is 9.92. The van der Waals surface area contributed by atoms with Crippen molar-refractivity contribution in [2.75, 3.05) is 6.61 Å². The molecule has 1 aromatic heterocycles. The lowest BCUT2D eigenvalue weighted by molar-refractivity contribution is 0.0844. The topological polar surface area (TPSA) is 62.2 Å². The molecule has 20 heavy (non-hydrogen) atoms. The van der Waals surface area contributed by atoms with E-state index in [4.69, 9.17) is 11.6 Å². The number of nitrogens with one attached hydrogen (secondary N) is 1. The van der Waals surface area contributed by atoms with Crippen LogP contribution < -0.4 is 5.32 Å². The minimum Gasteiger partial charge on any atom is -0.394 e. The maximum atomic E-state index is 12.2. The third-order valence-electron chi connectivity index (χ3n) is 3.08. The molecule has 1 unspecified atom stereocenters. The lowest BCUT2D eigenvalue weighted by Gasteiger charge is -2.29. The highest BCUT2D eigenvalue weighted by Crippen LogP contribution is 2.20. The average Bonchev–Trinajstić information content (AvgIpc) is 2.48. The van der Waals surface area contributed by atoms with Gasteiger partial charge in [-0.1, -0.05) is 41.9 Å². The van der Waals surface area contributed by atoms with Crippen molar-refractivity contribution in [2.24, 2.45) is 0 Å². The van der Waals surface area contributed by atoms with E-state index in [1.807, 2.05) is 30.3 Å². The highest BCUT2D eigenvalue weighted by molar-refractivity contribution is 6.30. The van der Waals surface area contributed by atoms with E-state index in [-0.39, 0.29) is 18.2 Å². The van der Waals surface area contributed by atoms with Crippen LogP contribution in [0.1, 0.15) is 23.0 Å². The SMILES string of the molecule is CC(CO)(NC(=O)c1ccc(Cl)cn1)c1ccccc1. The Labute approximate surface area is 122 Å². The standard InChI is InChI=1S/C15H15ClN2O2/c1-15(10-19,11-5-3-2-4-6-11)18-14(20)13-8-7-12(16)9-17-13/h2-9,19H,10H2,1H3,(H,18,20). The zero-order valence-electron chi connectivity index (χ0n) is 11.0. The van der Waals surface area contributed by atoms with Crippen LogP contribution in [0.15, 0.2) is 48.7 Å². The summed E-state index contributed by atoms with van der Waals surface area (Å²) in [5.74, 6) is -0.359. The molecular formula is C15H15ClN2O2. The van der Waals surface area contributed by atoms with Gasteiger partial charge in [0, 0.05) is 6.20 Å².